The molecule has 1 N–H and O–H groups in total. The SMILES string of the molecule is COc1ccc(Cl)cc1CC(=O)OCC(=O)Nc1c(F)cccc1F. The van der Waals surface area contributed by atoms with Gasteiger partial charge in [0.25, 0.3) is 5.91 Å². The van der Waals surface area contributed by atoms with Gasteiger partial charge in [0.2, 0.25) is 0 Å². The van der Waals surface area contributed by atoms with Crippen molar-refractivity contribution in [3.05, 3.63) is 58.6 Å². The molecule has 2 rings (SSSR count). The van der Waals surface area contributed by atoms with Crippen molar-refractivity contribution in [3.63, 3.8) is 0 Å². The number of methoxy groups -OCH3 is 1. The van der Waals surface area contributed by atoms with E-state index in [9.17, 15) is 18.4 Å². The minimum atomic E-state index is -0.927. The van der Waals surface area contributed by atoms with Gasteiger partial charge in [0.1, 0.15) is 23.1 Å². The number of amides is 1. The highest BCUT2D eigenvalue weighted by molar-refractivity contribution is 6.30. The molecule has 0 heterocycles. The van der Waals surface area contributed by atoms with E-state index in [4.69, 9.17) is 21.1 Å². The summed E-state index contributed by atoms with van der Waals surface area (Å²) in [6, 6.07) is 7.89. The fourth-order valence-corrected chi connectivity index (χ4v) is 2.23. The third-order valence-electron chi connectivity index (χ3n) is 3.17. The van der Waals surface area contributed by atoms with E-state index < -0.39 is 35.8 Å². The van der Waals surface area contributed by atoms with E-state index in [1.165, 1.54) is 19.2 Å². The van der Waals surface area contributed by atoms with Crippen molar-refractivity contribution in [2.24, 2.45) is 0 Å². The van der Waals surface area contributed by atoms with Crippen LogP contribution in [0.3, 0.4) is 0 Å². The first-order chi connectivity index (χ1) is 11.9. The van der Waals surface area contributed by atoms with Crippen LogP contribution in [0, 0.1) is 11.6 Å². The zero-order chi connectivity index (χ0) is 18.4. The first-order valence-electron chi connectivity index (χ1n) is 7.12. The van der Waals surface area contributed by atoms with Crippen molar-refractivity contribution in [2.75, 3.05) is 19.0 Å². The predicted molar refractivity (Wildman–Crippen MR) is 87.7 cm³/mol. The number of esters is 1. The van der Waals surface area contributed by atoms with Crippen LogP contribution in [-0.2, 0) is 20.7 Å². The van der Waals surface area contributed by atoms with Crippen molar-refractivity contribution in [3.8, 4) is 5.75 Å². The van der Waals surface area contributed by atoms with Crippen LogP contribution >= 0.6 is 11.6 Å². The van der Waals surface area contributed by atoms with Gasteiger partial charge in [-0.3, -0.25) is 9.59 Å². The molecule has 0 bridgehead atoms. The molecule has 1 amide bonds. The van der Waals surface area contributed by atoms with Crippen LogP contribution < -0.4 is 10.1 Å². The third-order valence-corrected chi connectivity index (χ3v) is 3.40. The van der Waals surface area contributed by atoms with Crippen LogP contribution in [0.4, 0.5) is 14.5 Å². The van der Waals surface area contributed by atoms with Crippen molar-refractivity contribution in [1.82, 2.24) is 0 Å². The van der Waals surface area contributed by atoms with E-state index in [0.717, 1.165) is 12.1 Å². The lowest BCUT2D eigenvalue weighted by Crippen LogP contribution is -2.22. The van der Waals surface area contributed by atoms with E-state index in [0.29, 0.717) is 16.3 Å². The summed E-state index contributed by atoms with van der Waals surface area (Å²) in [5, 5.41) is 2.43. The third kappa shape index (κ3) is 5.15. The molecule has 0 aromatic heterocycles. The molecule has 0 radical (unpaired) electrons. The van der Waals surface area contributed by atoms with Gasteiger partial charge in [-0.25, -0.2) is 8.78 Å². The molecular formula is C17H14ClF2NO4. The maximum absolute atomic E-state index is 13.4. The molecule has 0 aliphatic rings. The Kier molecular flexibility index (Phi) is 6.30. The number of nitrogens with one attached hydrogen (secondary N) is 1. The number of carbonyl (C=O) groups is 2. The molecule has 0 atom stereocenters. The molecule has 5 nitrogen and oxygen atoms in total. The topological polar surface area (TPSA) is 64.6 Å². The quantitative estimate of drug-likeness (QED) is 0.793. The number of benzene rings is 2. The smallest absolute Gasteiger partial charge is 0.310 e. The zero-order valence-corrected chi connectivity index (χ0v) is 13.9. The van der Waals surface area contributed by atoms with E-state index >= 15 is 0 Å². The minimum Gasteiger partial charge on any atom is -0.496 e. The van der Waals surface area contributed by atoms with Gasteiger partial charge in [0.15, 0.2) is 6.61 Å². The number of halogens is 3. The summed E-state index contributed by atoms with van der Waals surface area (Å²) >= 11 is 5.86. The average Bonchev–Trinajstić information content (AvgIpc) is 2.57. The predicted octanol–water partition coefficient (Wildman–Crippen LogP) is 3.35. The van der Waals surface area contributed by atoms with Crippen molar-refractivity contribution < 1.29 is 27.8 Å². The van der Waals surface area contributed by atoms with Gasteiger partial charge in [-0.15, -0.1) is 0 Å². The molecule has 132 valence electrons. The monoisotopic (exact) mass is 369 g/mol. The van der Waals surface area contributed by atoms with Crippen LogP contribution in [0.15, 0.2) is 36.4 Å². The average molecular weight is 370 g/mol. The summed E-state index contributed by atoms with van der Waals surface area (Å²) in [5.74, 6) is -2.99. The highest BCUT2D eigenvalue weighted by Crippen LogP contribution is 2.23. The lowest BCUT2D eigenvalue weighted by Gasteiger charge is -2.10. The van der Waals surface area contributed by atoms with Crippen LogP contribution in [0.1, 0.15) is 5.56 Å². The number of anilines is 1. The summed E-state index contributed by atoms with van der Waals surface area (Å²) in [6.45, 7) is -0.685. The molecular weight excluding hydrogens is 356 g/mol. The molecule has 0 fully saturated rings. The molecule has 0 unspecified atom stereocenters. The molecule has 2 aromatic rings. The Labute approximate surface area is 147 Å². The number of carbonyl (C=O) groups excluding carboxylic acids is 2. The van der Waals surface area contributed by atoms with Gasteiger partial charge in [0.05, 0.1) is 13.5 Å². The second-order valence-corrected chi connectivity index (χ2v) is 5.37. The Hall–Kier alpha value is -2.67. The lowest BCUT2D eigenvalue weighted by molar-refractivity contribution is -0.146. The highest BCUT2D eigenvalue weighted by atomic mass is 35.5. The highest BCUT2D eigenvalue weighted by Gasteiger charge is 2.15. The standard InChI is InChI=1S/C17H14ClF2NO4/c1-24-14-6-5-11(18)7-10(14)8-16(23)25-9-15(22)21-17-12(19)3-2-4-13(17)20/h2-7H,8-9H2,1H3,(H,21,22). The van der Waals surface area contributed by atoms with E-state index in [-0.39, 0.29) is 6.42 Å². The second-order valence-electron chi connectivity index (χ2n) is 4.94. The van der Waals surface area contributed by atoms with Gasteiger partial charge in [-0.1, -0.05) is 17.7 Å². The van der Waals surface area contributed by atoms with E-state index in [1.807, 2.05) is 5.32 Å². The van der Waals surface area contributed by atoms with Gasteiger partial charge in [0, 0.05) is 10.6 Å². The molecule has 8 heteroatoms. The molecule has 0 aliphatic carbocycles. The van der Waals surface area contributed by atoms with E-state index in [1.54, 1.807) is 12.1 Å². The van der Waals surface area contributed by atoms with Gasteiger partial charge >= 0.3 is 5.97 Å². The fourth-order valence-electron chi connectivity index (χ4n) is 2.03. The van der Waals surface area contributed by atoms with Crippen LogP contribution in [0.5, 0.6) is 5.75 Å². The van der Waals surface area contributed by atoms with Crippen molar-refractivity contribution in [1.29, 1.82) is 0 Å². The number of para-hydroxylation sites is 1. The Morgan fingerprint density at radius 2 is 1.84 bits per heavy atom. The normalized spacial score (nSPS) is 10.2. The second kappa shape index (κ2) is 8.43. The molecule has 2 aromatic carbocycles. The summed E-state index contributed by atoms with van der Waals surface area (Å²) in [6.07, 6.45) is -0.176. The molecule has 0 spiro atoms. The minimum absolute atomic E-state index is 0.176. The summed E-state index contributed by atoms with van der Waals surface area (Å²) < 4.78 is 36.8. The maximum atomic E-state index is 13.4. The maximum Gasteiger partial charge on any atom is 0.310 e. The zero-order valence-electron chi connectivity index (χ0n) is 13.1. The summed E-state index contributed by atoms with van der Waals surface area (Å²) in [7, 11) is 1.44. The largest absolute Gasteiger partial charge is 0.496 e. The van der Waals surface area contributed by atoms with Crippen LogP contribution in [0.25, 0.3) is 0 Å². The Bertz CT molecular complexity index is 778. The van der Waals surface area contributed by atoms with Crippen molar-refractivity contribution >= 4 is 29.2 Å². The Morgan fingerprint density at radius 3 is 2.48 bits per heavy atom. The number of rotatable bonds is 6. The first-order valence-corrected chi connectivity index (χ1v) is 7.50. The molecule has 25 heavy (non-hydrogen) atoms. The number of ether oxygens (including phenoxy) is 2. The summed E-state index contributed by atoms with van der Waals surface area (Å²) in [4.78, 5) is 23.5. The van der Waals surface area contributed by atoms with E-state index in [2.05, 4.69) is 0 Å². The van der Waals surface area contributed by atoms with Gasteiger partial charge in [-0.05, 0) is 30.3 Å². The Morgan fingerprint density at radius 1 is 1.16 bits per heavy atom. The number of hydrogen-bond acceptors (Lipinski definition) is 4. The molecule has 0 saturated heterocycles. The number of hydrogen-bond donors (Lipinski definition) is 1. The molecule has 0 saturated carbocycles. The summed E-state index contributed by atoms with van der Waals surface area (Å²) in [5.41, 5.74) is -0.111. The lowest BCUT2D eigenvalue weighted by atomic mass is 10.1. The van der Waals surface area contributed by atoms with Crippen LogP contribution in [0.2, 0.25) is 5.02 Å². The van der Waals surface area contributed by atoms with Crippen molar-refractivity contribution in [2.45, 2.75) is 6.42 Å². The first kappa shape index (κ1) is 18.7. The van der Waals surface area contributed by atoms with Gasteiger partial charge in [-0.2, -0.15) is 0 Å². The van der Waals surface area contributed by atoms with Crippen LogP contribution in [-0.4, -0.2) is 25.6 Å². The fraction of sp³-hybridized carbons (Fsp3) is 0.176. The van der Waals surface area contributed by atoms with Gasteiger partial charge < -0.3 is 14.8 Å². The Balaban J connectivity index is 1.92. The molecule has 0 aliphatic heterocycles.